The summed E-state index contributed by atoms with van der Waals surface area (Å²) < 4.78 is 7.26. The zero-order valence-electron chi connectivity index (χ0n) is 13.8. The Kier molecular flexibility index (Phi) is 5.11. The predicted octanol–water partition coefficient (Wildman–Crippen LogP) is 2.76. The molecule has 0 amide bonds. The van der Waals surface area contributed by atoms with Crippen molar-refractivity contribution < 1.29 is 9.53 Å². The molecule has 0 saturated carbocycles. The zero-order valence-corrected chi connectivity index (χ0v) is 13.8. The highest BCUT2D eigenvalue weighted by Gasteiger charge is 2.19. The number of rotatable bonds is 6. The summed E-state index contributed by atoms with van der Waals surface area (Å²) in [6.07, 6.45) is 2.68. The number of carbonyl (C=O) groups is 1. The van der Waals surface area contributed by atoms with Gasteiger partial charge in [-0.2, -0.15) is 0 Å². The average molecular weight is 326 g/mol. The van der Waals surface area contributed by atoms with E-state index in [1.165, 1.54) is 0 Å². The molecule has 0 spiro atoms. The van der Waals surface area contributed by atoms with Crippen molar-refractivity contribution in [3.63, 3.8) is 0 Å². The van der Waals surface area contributed by atoms with Gasteiger partial charge in [-0.3, -0.25) is 9.59 Å². The largest absolute Gasteiger partial charge is 0.380 e. The van der Waals surface area contributed by atoms with Crippen LogP contribution in [-0.2, 0) is 17.8 Å². The van der Waals surface area contributed by atoms with E-state index in [1.807, 2.05) is 43.3 Å². The molecule has 3 rings (SSSR count). The minimum atomic E-state index is -0.254. The molecule has 1 unspecified atom stereocenters. The molecule has 126 valence electrons. The van der Waals surface area contributed by atoms with Crippen molar-refractivity contribution in [1.29, 1.82) is 0 Å². The highest BCUT2D eigenvalue weighted by Crippen LogP contribution is 2.17. The lowest BCUT2D eigenvalue weighted by molar-refractivity contribution is 0.0953. The van der Waals surface area contributed by atoms with E-state index in [0.717, 1.165) is 30.7 Å². The van der Waals surface area contributed by atoms with Gasteiger partial charge in [0.05, 0.1) is 18.3 Å². The molecule has 5 heteroatoms. The summed E-state index contributed by atoms with van der Waals surface area (Å²) in [6.45, 7) is 3.70. The van der Waals surface area contributed by atoms with Crippen LogP contribution in [0.3, 0.4) is 0 Å². The van der Waals surface area contributed by atoms with Gasteiger partial charge in [-0.25, -0.2) is 0 Å². The van der Waals surface area contributed by atoms with Crippen molar-refractivity contribution in [3.8, 4) is 0 Å². The van der Waals surface area contributed by atoms with Crippen molar-refractivity contribution in [2.24, 2.45) is 0 Å². The fraction of sp³-hybridized carbons (Fsp3) is 0.368. The Balaban J connectivity index is 1.84. The molecule has 5 nitrogen and oxygen atoms in total. The van der Waals surface area contributed by atoms with Gasteiger partial charge in [0.1, 0.15) is 5.56 Å². The Morgan fingerprint density at radius 2 is 2.12 bits per heavy atom. The fourth-order valence-electron chi connectivity index (χ4n) is 3.06. The normalized spacial score (nSPS) is 17.0. The van der Waals surface area contributed by atoms with Crippen LogP contribution in [-0.4, -0.2) is 23.6 Å². The van der Waals surface area contributed by atoms with E-state index in [-0.39, 0.29) is 17.2 Å². The van der Waals surface area contributed by atoms with Gasteiger partial charge in [0, 0.05) is 18.8 Å². The maximum absolute atomic E-state index is 12.7. The molecule has 1 saturated heterocycles. The van der Waals surface area contributed by atoms with Crippen molar-refractivity contribution in [1.82, 2.24) is 4.57 Å². The number of nitrogens with zero attached hydrogens (tertiary/aromatic N) is 1. The van der Waals surface area contributed by atoms with Gasteiger partial charge in [-0.05, 0) is 31.4 Å². The smallest absolute Gasteiger partial charge is 0.263 e. The second-order valence-electron chi connectivity index (χ2n) is 6.12. The summed E-state index contributed by atoms with van der Waals surface area (Å²) in [4.78, 5) is 24.2. The third kappa shape index (κ3) is 3.57. The highest BCUT2D eigenvalue weighted by atomic mass is 16.5. The van der Waals surface area contributed by atoms with Crippen LogP contribution < -0.4 is 10.9 Å². The molecule has 0 aliphatic carbocycles. The third-order valence-electron chi connectivity index (χ3n) is 4.40. The predicted molar refractivity (Wildman–Crippen MR) is 93.6 cm³/mol. The molecule has 1 aliphatic heterocycles. The monoisotopic (exact) mass is 326 g/mol. The summed E-state index contributed by atoms with van der Waals surface area (Å²) in [7, 11) is 0. The van der Waals surface area contributed by atoms with E-state index in [4.69, 9.17) is 4.74 Å². The van der Waals surface area contributed by atoms with E-state index < -0.39 is 0 Å². The van der Waals surface area contributed by atoms with E-state index in [0.29, 0.717) is 25.1 Å². The number of pyridine rings is 1. The number of ether oxygens (including phenoxy) is 1. The first-order valence-electron chi connectivity index (χ1n) is 8.28. The standard InChI is InChI=1S/C19H22N2O3/c1-14-10-18(20-11-15-6-3-2-4-7-15)17(13-22)19(23)21(14)12-16-8-5-9-24-16/h2-4,6-7,10,13,16,20H,5,8-9,11-12H2,1H3. The minimum Gasteiger partial charge on any atom is -0.380 e. The summed E-state index contributed by atoms with van der Waals surface area (Å²) >= 11 is 0. The van der Waals surface area contributed by atoms with Crippen LogP contribution in [0.15, 0.2) is 41.2 Å². The lowest BCUT2D eigenvalue weighted by Crippen LogP contribution is -2.31. The van der Waals surface area contributed by atoms with Crippen LogP contribution in [0.25, 0.3) is 0 Å². The quantitative estimate of drug-likeness (QED) is 0.829. The molecule has 1 fully saturated rings. The molecule has 1 aliphatic rings. The molecule has 1 N–H and O–H groups in total. The number of anilines is 1. The Bertz CT molecular complexity index is 762. The molecule has 1 atom stereocenters. The maximum Gasteiger partial charge on any atom is 0.263 e. The number of hydrogen-bond donors (Lipinski definition) is 1. The Hall–Kier alpha value is -2.40. The van der Waals surface area contributed by atoms with E-state index in [1.54, 1.807) is 4.57 Å². The van der Waals surface area contributed by atoms with Crippen LogP contribution in [0.5, 0.6) is 0 Å². The van der Waals surface area contributed by atoms with Gasteiger partial charge in [0.2, 0.25) is 0 Å². The summed E-state index contributed by atoms with van der Waals surface area (Å²) in [5.41, 5.74) is 2.43. The summed E-state index contributed by atoms with van der Waals surface area (Å²) in [5.74, 6) is 0. The van der Waals surface area contributed by atoms with Crippen LogP contribution in [0.2, 0.25) is 0 Å². The van der Waals surface area contributed by atoms with Crippen LogP contribution in [0.1, 0.15) is 34.5 Å². The molecule has 2 heterocycles. The van der Waals surface area contributed by atoms with Gasteiger partial charge < -0.3 is 14.6 Å². The molecule has 0 radical (unpaired) electrons. The Morgan fingerprint density at radius 3 is 2.79 bits per heavy atom. The SMILES string of the molecule is Cc1cc(NCc2ccccc2)c(C=O)c(=O)n1CC1CCCO1. The van der Waals surface area contributed by atoms with Crippen molar-refractivity contribution in [2.45, 2.75) is 39.0 Å². The van der Waals surface area contributed by atoms with Crippen LogP contribution in [0.4, 0.5) is 5.69 Å². The Morgan fingerprint density at radius 1 is 1.33 bits per heavy atom. The van der Waals surface area contributed by atoms with Crippen molar-refractivity contribution in [3.05, 3.63) is 63.6 Å². The lowest BCUT2D eigenvalue weighted by atomic mass is 10.1. The lowest BCUT2D eigenvalue weighted by Gasteiger charge is -2.17. The molecular formula is C19H22N2O3. The van der Waals surface area contributed by atoms with Crippen molar-refractivity contribution >= 4 is 12.0 Å². The second kappa shape index (κ2) is 7.45. The Labute approximate surface area is 141 Å². The van der Waals surface area contributed by atoms with Crippen LogP contribution in [0, 0.1) is 6.92 Å². The van der Waals surface area contributed by atoms with E-state index in [9.17, 15) is 9.59 Å². The summed E-state index contributed by atoms with van der Waals surface area (Å²) in [6, 6.07) is 11.7. The number of nitrogens with one attached hydrogen (secondary N) is 1. The number of aromatic nitrogens is 1. The van der Waals surface area contributed by atoms with Gasteiger partial charge >= 0.3 is 0 Å². The number of aryl methyl sites for hydroxylation is 1. The molecule has 0 bridgehead atoms. The number of hydrogen-bond acceptors (Lipinski definition) is 4. The fourth-order valence-corrected chi connectivity index (χ4v) is 3.06. The molecule has 24 heavy (non-hydrogen) atoms. The van der Waals surface area contributed by atoms with E-state index in [2.05, 4.69) is 5.32 Å². The van der Waals surface area contributed by atoms with Gasteiger partial charge in [0.25, 0.3) is 5.56 Å². The van der Waals surface area contributed by atoms with Crippen LogP contribution >= 0.6 is 0 Å². The topological polar surface area (TPSA) is 60.3 Å². The average Bonchev–Trinajstić information content (AvgIpc) is 3.11. The molecular weight excluding hydrogens is 304 g/mol. The van der Waals surface area contributed by atoms with Gasteiger partial charge in [-0.15, -0.1) is 0 Å². The maximum atomic E-state index is 12.7. The molecule has 1 aromatic heterocycles. The third-order valence-corrected chi connectivity index (χ3v) is 4.40. The second-order valence-corrected chi connectivity index (χ2v) is 6.12. The first-order chi connectivity index (χ1) is 11.7. The zero-order chi connectivity index (χ0) is 16.9. The first kappa shape index (κ1) is 16.5. The molecule has 1 aromatic carbocycles. The first-order valence-corrected chi connectivity index (χ1v) is 8.28. The van der Waals surface area contributed by atoms with Gasteiger partial charge in [-0.1, -0.05) is 30.3 Å². The highest BCUT2D eigenvalue weighted by molar-refractivity contribution is 5.83. The molecule has 2 aromatic rings. The van der Waals surface area contributed by atoms with Gasteiger partial charge in [0.15, 0.2) is 6.29 Å². The summed E-state index contributed by atoms with van der Waals surface area (Å²) in [5, 5.41) is 3.21. The van der Waals surface area contributed by atoms with Crippen molar-refractivity contribution in [2.75, 3.05) is 11.9 Å². The number of carbonyl (C=O) groups excluding carboxylic acids is 1. The van der Waals surface area contributed by atoms with E-state index >= 15 is 0 Å². The number of aldehydes is 1. The minimum absolute atomic E-state index is 0.0593. The number of benzene rings is 1.